The lowest BCUT2D eigenvalue weighted by Gasteiger charge is -2.18. The maximum Gasteiger partial charge on any atom is 0.511 e. The molecule has 1 heterocycles. The summed E-state index contributed by atoms with van der Waals surface area (Å²) in [5, 5.41) is 24.7. The summed E-state index contributed by atoms with van der Waals surface area (Å²) in [5.74, 6) is -2.91. The summed E-state index contributed by atoms with van der Waals surface area (Å²) < 4.78 is 25.9. The Morgan fingerprint density at radius 3 is 2.30 bits per heavy atom. The molecule has 3 amide bonds. The SMILES string of the molecule is C=Cc1cc(C(=O)Nc2ccc(C(=N)NC(=O)OCCCC(=O)O)cc2)c(-c2ccc(C(=O)NCC3CC3)nc2C(=O)OC(C)OC(=O)OC(C)C)cc1OC. The van der Waals surface area contributed by atoms with E-state index in [1.807, 2.05) is 0 Å². The largest absolute Gasteiger partial charge is 0.511 e. The zero-order valence-electron chi connectivity index (χ0n) is 31.3. The highest BCUT2D eigenvalue weighted by Crippen LogP contribution is 2.35. The zero-order valence-corrected chi connectivity index (χ0v) is 31.3. The fourth-order valence-corrected chi connectivity index (χ4v) is 5.06. The minimum Gasteiger partial charge on any atom is -0.496 e. The van der Waals surface area contributed by atoms with Crippen LogP contribution in [0.5, 0.6) is 5.75 Å². The molecule has 1 aliphatic carbocycles. The molecule has 5 N–H and O–H groups in total. The van der Waals surface area contributed by atoms with Crippen molar-refractivity contribution in [2.75, 3.05) is 25.6 Å². The third kappa shape index (κ3) is 12.1. The minimum absolute atomic E-state index is 0.0384. The van der Waals surface area contributed by atoms with Gasteiger partial charge in [0.1, 0.15) is 17.3 Å². The van der Waals surface area contributed by atoms with E-state index >= 15 is 0 Å². The summed E-state index contributed by atoms with van der Waals surface area (Å²) in [6, 6.07) is 11.8. The molecule has 0 aliphatic heterocycles. The van der Waals surface area contributed by atoms with Gasteiger partial charge in [-0.3, -0.25) is 25.1 Å². The van der Waals surface area contributed by atoms with Crippen LogP contribution in [0, 0.1) is 11.3 Å². The summed E-state index contributed by atoms with van der Waals surface area (Å²) in [5.41, 5.74) is 0.819. The van der Waals surface area contributed by atoms with Gasteiger partial charge in [-0.25, -0.2) is 19.4 Å². The number of ether oxygens (including phenoxy) is 5. The number of aliphatic carboxylic acids is 1. The number of pyridine rings is 1. The first kappa shape index (κ1) is 42.0. The number of carbonyl (C=O) groups is 6. The minimum atomic E-state index is -1.43. The number of carboxylic acid groups (broad SMARTS) is 1. The number of hydrogen-bond acceptors (Lipinski definition) is 13. The van der Waals surface area contributed by atoms with Crippen molar-refractivity contribution in [3.05, 3.63) is 83.2 Å². The highest BCUT2D eigenvalue weighted by Gasteiger charge is 2.28. The molecule has 1 saturated carbocycles. The number of carbonyl (C=O) groups excluding carboxylic acids is 5. The lowest BCUT2D eigenvalue weighted by Crippen LogP contribution is -2.31. The fraction of sp³-hybridized carbons (Fsp3) is 0.333. The number of amidine groups is 1. The molecule has 17 heteroatoms. The first-order valence-electron chi connectivity index (χ1n) is 17.6. The second-order valence-electron chi connectivity index (χ2n) is 12.8. The van der Waals surface area contributed by atoms with Gasteiger partial charge in [-0.05, 0) is 87.6 Å². The summed E-state index contributed by atoms with van der Waals surface area (Å²) in [7, 11) is 1.41. The molecular formula is C39H43N5O12. The molecule has 56 heavy (non-hydrogen) atoms. The maximum atomic E-state index is 14.0. The van der Waals surface area contributed by atoms with Gasteiger partial charge in [0.2, 0.25) is 6.29 Å². The predicted octanol–water partition coefficient (Wildman–Crippen LogP) is 5.77. The molecule has 1 aliphatic rings. The van der Waals surface area contributed by atoms with E-state index in [2.05, 4.69) is 27.5 Å². The number of hydrogen-bond donors (Lipinski definition) is 5. The van der Waals surface area contributed by atoms with Gasteiger partial charge in [-0.15, -0.1) is 0 Å². The first-order valence-corrected chi connectivity index (χ1v) is 17.6. The number of nitrogens with one attached hydrogen (secondary N) is 4. The first-order chi connectivity index (χ1) is 26.7. The monoisotopic (exact) mass is 773 g/mol. The van der Waals surface area contributed by atoms with Crippen LogP contribution in [0.2, 0.25) is 0 Å². The fourth-order valence-electron chi connectivity index (χ4n) is 5.06. The van der Waals surface area contributed by atoms with Crippen LogP contribution < -0.4 is 20.7 Å². The second kappa shape index (κ2) is 19.5. The third-order valence-corrected chi connectivity index (χ3v) is 7.99. The van der Waals surface area contributed by atoms with E-state index in [9.17, 15) is 28.8 Å². The standard InChI is InChI=1S/C39H43N5O12/c1-6-24-18-29(35(47)42-26-13-11-25(12-14-26)34(40)44-38(50)53-17-7-8-32(45)46)28(19-31(24)52-5)27-15-16-30(36(48)41-20-23-9-10-23)43-33(27)37(49)55-22(4)56-39(51)54-21(2)3/h6,11-16,18-19,21-23H,1,7-10,17,20H2,2-5H3,(H,41,48)(H,42,47)(H,45,46)(H2,40,44,50). The third-order valence-electron chi connectivity index (χ3n) is 7.99. The van der Waals surface area contributed by atoms with Gasteiger partial charge < -0.3 is 39.4 Å². The highest BCUT2D eigenvalue weighted by atomic mass is 16.8. The van der Waals surface area contributed by atoms with E-state index in [1.165, 1.54) is 68.6 Å². The van der Waals surface area contributed by atoms with Crippen molar-refractivity contribution in [2.24, 2.45) is 5.92 Å². The molecule has 0 spiro atoms. The molecule has 0 radical (unpaired) electrons. The summed E-state index contributed by atoms with van der Waals surface area (Å²) >= 11 is 0. The Morgan fingerprint density at radius 2 is 1.68 bits per heavy atom. The van der Waals surface area contributed by atoms with Crippen LogP contribution in [-0.4, -0.2) is 84.6 Å². The predicted molar refractivity (Wildman–Crippen MR) is 202 cm³/mol. The van der Waals surface area contributed by atoms with E-state index < -0.39 is 48.4 Å². The lowest BCUT2D eigenvalue weighted by molar-refractivity contribution is -0.137. The molecule has 0 saturated heterocycles. The van der Waals surface area contributed by atoms with Crippen LogP contribution in [0.4, 0.5) is 15.3 Å². The smallest absolute Gasteiger partial charge is 0.496 e. The van der Waals surface area contributed by atoms with Crippen LogP contribution >= 0.6 is 0 Å². The number of methoxy groups -OCH3 is 1. The molecule has 1 atom stereocenters. The number of benzene rings is 2. The second-order valence-corrected chi connectivity index (χ2v) is 12.8. The zero-order chi connectivity index (χ0) is 40.9. The number of aromatic nitrogens is 1. The van der Waals surface area contributed by atoms with Gasteiger partial charge in [0, 0.05) is 53.4 Å². The Kier molecular flexibility index (Phi) is 14.6. The number of nitrogens with zero attached hydrogens (tertiary/aromatic N) is 1. The molecule has 296 valence electrons. The summed E-state index contributed by atoms with van der Waals surface area (Å²) in [6.07, 6.45) is -0.514. The van der Waals surface area contributed by atoms with Crippen LogP contribution in [-0.2, 0) is 23.7 Å². The summed E-state index contributed by atoms with van der Waals surface area (Å²) in [6.45, 7) is 8.64. The molecule has 1 unspecified atom stereocenters. The number of anilines is 1. The van der Waals surface area contributed by atoms with Crippen molar-refractivity contribution < 1.29 is 57.6 Å². The van der Waals surface area contributed by atoms with Gasteiger partial charge in [0.15, 0.2) is 5.69 Å². The Balaban J connectivity index is 1.64. The van der Waals surface area contributed by atoms with Crippen LogP contribution in [0.1, 0.15) is 88.9 Å². The number of amides is 3. The maximum absolute atomic E-state index is 14.0. The van der Waals surface area contributed by atoms with E-state index in [4.69, 9.17) is 34.2 Å². The van der Waals surface area contributed by atoms with Crippen molar-refractivity contribution in [3.8, 4) is 16.9 Å². The van der Waals surface area contributed by atoms with Crippen molar-refractivity contribution >= 4 is 53.6 Å². The molecule has 17 nitrogen and oxygen atoms in total. The summed E-state index contributed by atoms with van der Waals surface area (Å²) in [4.78, 5) is 79.9. The van der Waals surface area contributed by atoms with Crippen molar-refractivity contribution in [1.29, 1.82) is 5.41 Å². The van der Waals surface area contributed by atoms with Gasteiger partial charge in [0.05, 0.1) is 19.8 Å². The average Bonchev–Trinajstić information content (AvgIpc) is 3.99. The van der Waals surface area contributed by atoms with E-state index in [1.54, 1.807) is 13.8 Å². The average molecular weight is 774 g/mol. The van der Waals surface area contributed by atoms with E-state index in [0.29, 0.717) is 29.5 Å². The van der Waals surface area contributed by atoms with Crippen LogP contribution in [0.25, 0.3) is 17.2 Å². The Bertz CT molecular complexity index is 1990. The number of rotatable bonds is 17. The van der Waals surface area contributed by atoms with Gasteiger partial charge in [-0.1, -0.05) is 12.7 Å². The topological polar surface area (TPSA) is 242 Å². The van der Waals surface area contributed by atoms with Crippen LogP contribution in [0.15, 0.2) is 55.1 Å². The molecular weight excluding hydrogens is 730 g/mol. The Hall–Kier alpha value is -6.78. The normalized spacial score (nSPS) is 12.4. The Morgan fingerprint density at radius 1 is 0.964 bits per heavy atom. The number of alkyl carbamates (subject to hydrolysis) is 1. The number of carboxylic acids is 1. The van der Waals surface area contributed by atoms with E-state index in [0.717, 1.165) is 12.8 Å². The van der Waals surface area contributed by atoms with Gasteiger partial charge in [-0.2, -0.15) is 0 Å². The van der Waals surface area contributed by atoms with Crippen molar-refractivity contribution in [2.45, 2.75) is 58.8 Å². The van der Waals surface area contributed by atoms with Crippen molar-refractivity contribution in [3.63, 3.8) is 0 Å². The van der Waals surface area contributed by atoms with Gasteiger partial charge in [0.25, 0.3) is 11.8 Å². The molecule has 1 fully saturated rings. The van der Waals surface area contributed by atoms with Gasteiger partial charge >= 0.3 is 24.2 Å². The molecule has 4 rings (SSSR count). The molecule has 0 bridgehead atoms. The quantitative estimate of drug-likeness (QED) is 0.0274. The van der Waals surface area contributed by atoms with E-state index in [-0.39, 0.29) is 58.9 Å². The Labute approximate surface area is 322 Å². The molecule has 1 aromatic heterocycles. The highest BCUT2D eigenvalue weighted by molar-refractivity contribution is 6.11. The van der Waals surface area contributed by atoms with Crippen LogP contribution in [0.3, 0.4) is 0 Å². The molecule has 2 aromatic carbocycles. The number of esters is 1. The van der Waals surface area contributed by atoms with Crippen molar-refractivity contribution in [1.82, 2.24) is 15.6 Å². The lowest BCUT2D eigenvalue weighted by atomic mass is 9.94. The molecule has 3 aromatic rings.